The summed E-state index contributed by atoms with van der Waals surface area (Å²) in [5.41, 5.74) is 0. The second kappa shape index (κ2) is 10.8. The van der Waals surface area contributed by atoms with Gasteiger partial charge in [-0.3, -0.25) is 9.59 Å². The summed E-state index contributed by atoms with van der Waals surface area (Å²) < 4.78 is 5.03. The molecule has 0 spiro atoms. The third-order valence-electron chi connectivity index (χ3n) is 2.91. The summed E-state index contributed by atoms with van der Waals surface area (Å²) in [6, 6.07) is 0. The standard InChI is InChI=1S/C11H18O4.C2H6O2/c1-2-6-15-11(14)9-5-3-4-8(7-9)10(12)13;3-1-2-4/h8-9H,2-7H2,1H3,(H,12,13);3-4H,1-2H2. The number of carbonyl (C=O) groups excluding carboxylic acids is 1. The Kier molecular flexibility index (Phi) is 10.1. The first kappa shape index (κ1) is 17.9. The molecule has 0 radical (unpaired) electrons. The van der Waals surface area contributed by atoms with Gasteiger partial charge in [-0.25, -0.2) is 0 Å². The van der Waals surface area contributed by atoms with Crippen LogP contribution in [0.4, 0.5) is 0 Å². The van der Waals surface area contributed by atoms with E-state index < -0.39 is 5.97 Å². The van der Waals surface area contributed by atoms with E-state index in [4.69, 9.17) is 20.1 Å². The molecule has 2 atom stereocenters. The van der Waals surface area contributed by atoms with E-state index in [1.165, 1.54) is 0 Å². The zero-order valence-corrected chi connectivity index (χ0v) is 11.4. The van der Waals surface area contributed by atoms with Gasteiger partial charge < -0.3 is 20.1 Å². The van der Waals surface area contributed by atoms with Gasteiger partial charge in [-0.1, -0.05) is 13.3 Å². The summed E-state index contributed by atoms with van der Waals surface area (Å²) in [5.74, 6) is -1.57. The van der Waals surface area contributed by atoms with Gasteiger partial charge in [0.2, 0.25) is 0 Å². The van der Waals surface area contributed by atoms with E-state index in [1.54, 1.807) is 0 Å². The second-order valence-electron chi connectivity index (χ2n) is 4.51. The average Bonchev–Trinajstić information content (AvgIpc) is 2.45. The predicted octanol–water partition coefficient (Wildman–Crippen LogP) is 0.802. The first-order valence-corrected chi connectivity index (χ1v) is 6.67. The number of carbonyl (C=O) groups is 2. The summed E-state index contributed by atoms with van der Waals surface area (Å²) in [7, 11) is 0. The first-order chi connectivity index (χ1) is 9.06. The van der Waals surface area contributed by atoms with Gasteiger partial charge in [0.05, 0.1) is 31.7 Å². The largest absolute Gasteiger partial charge is 0.481 e. The number of esters is 1. The lowest BCUT2D eigenvalue weighted by Crippen LogP contribution is -2.28. The summed E-state index contributed by atoms with van der Waals surface area (Å²) in [6.45, 7) is 2.13. The fourth-order valence-corrected chi connectivity index (χ4v) is 1.95. The molecule has 112 valence electrons. The van der Waals surface area contributed by atoms with Gasteiger partial charge in [0, 0.05) is 0 Å². The number of aliphatic hydroxyl groups excluding tert-OH is 2. The van der Waals surface area contributed by atoms with Gasteiger partial charge in [0.25, 0.3) is 0 Å². The van der Waals surface area contributed by atoms with Crippen LogP contribution in [0.25, 0.3) is 0 Å². The van der Waals surface area contributed by atoms with Crippen LogP contribution < -0.4 is 0 Å². The molecule has 0 aromatic carbocycles. The molecular weight excluding hydrogens is 252 g/mol. The summed E-state index contributed by atoms with van der Waals surface area (Å²) in [4.78, 5) is 22.3. The van der Waals surface area contributed by atoms with E-state index in [9.17, 15) is 9.59 Å². The summed E-state index contributed by atoms with van der Waals surface area (Å²) >= 11 is 0. The van der Waals surface area contributed by atoms with Gasteiger partial charge in [-0.2, -0.15) is 0 Å². The molecule has 0 heterocycles. The summed E-state index contributed by atoms with van der Waals surface area (Å²) in [5, 5.41) is 24.1. The molecule has 0 saturated heterocycles. The van der Waals surface area contributed by atoms with Gasteiger partial charge in [-0.15, -0.1) is 0 Å². The highest BCUT2D eigenvalue weighted by molar-refractivity contribution is 5.75. The maximum atomic E-state index is 11.5. The quantitative estimate of drug-likeness (QED) is 0.642. The Morgan fingerprint density at radius 2 is 1.74 bits per heavy atom. The lowest BCUT2D eigenvalue weighted by Gasteiger charge is -2.24. The van der Waals surface area contributed by atoms with E-state index in [0.29, 0.717) is 19.4 Å². The molecule has 2 unspecified atom stereocenters. The maximum absolute atomic E-state index is 11.5. The molecule has 0 amide bonds. The molecule has 0 aromatic heterocycles. The fourth-order valence-electron chi connectivity index (χ4n) is 1.95. The van der Waals surface area contributed by atoms with Crippen molar-refractivity contribution >= 4 is 11.9 Å². The lowest BCUT2D eigenvalue weighted by molar-refractivity contribution is -0.152. The van der Waals surface area contributed by atoms with Crippen molar-refractivity contribution in [3.63, 3.8) is 0 Å². The van der Waals surface area contributed by atoms with Crippen LogP contribution in [0.2, 0.25) is 0 Å². The van der Waals surface area contributed by atoms with Crippen molar-refractivity contribution < 1.29 is 29.6 Å². The highest BCUT2D eigenvalue weighted by Gasteiger charge is 2.31. The van der Waals surface area contributed by atoms with Crippen LogP contribution in [0.5, 0.6) is 0 Å². The first-order valence-electron chi connectivity index (χ1n) is 6.67. The Morgan fingerprint density at radius 3 is 2.21 bits per heavy atom. The zero-order valence-electron chi connectivity index (χ0n) is 11.4. The Bertz CT molecular complexity index is 264. The van der Waals surface area contributed by atoms with Crippen molar-refractivity contribution in [2.24, 2.45) is 11.8 Å². The Hall–Kier alpha value is -1.14. The van der Waals surface area contributed by atoms with Crippen LogP contribution >= 0.6 is 0 Å². The third kappa shape index (κ3) is 7.79. The predicted molar refractivity (Wildman–Crippen MR) is 68.5 cm³/mol. The van der Waals surface area contributed by atoms with Gasteiger partial charge in [-0.05, 0) is 25.7 Å². The van der Waals surface area contributed by atoms with E-state index in [-0.39, 0.29) is 31.0 Å². The number of carboxylic acids is 1. The van der Waals surface area contributed by atoms with Crippen molar-refractivity contribution in [1.29, 1.82) is 0 Å². The van der Waals surface area contributed by atoms with Crippen molar-refractivity contribution in [3.05, 3.63) is 0 Å². The fraction of sp³-hybridized carbons (Fsp3) is 0.846. The van der Waals surface area contributed by atoms with Crippen molar-refractivity contribution in [2.75, 3.05) is 19.8 Å². The van der Waals surface area contributed by atoms with Crippen molar-refractivity contribution in [1.82, 2.24) is 0 Å². The smallest absolute Gasteiger partial charge is 0.308 e. The molecule has 1 fully saturated rings. The Morgan fingerprint density at radius 1 is 1.16 bits per heavy atom. The van der Waals surface area contributed by atoms with Gasteiger partial charge in [0.1, 0.15) is 0 Å². The molecule has 1 rings (SSSR count). The molecule has 0 aliphatic heterocycles. The number of aliphatic hydroxyl groups is 2. The van der Waals surface area contributed by atoms with Crippen LogP contribution in [-0.2, 0) is 14.3 Å². The van der Waals surface area contributed by atoms with Gasteiger partial charge >= 0.3 is 11.9 Å². The molecule has 3 N–H and O–H groups in total. The monoisotopic (exact) mass is 276 g/mol. The molecule has 1 saturated carbocycles. The Balaban J connectivity index is 0.000000711. The number of hydrogen-bond acceptors (Lipinski definition) is 5. The van der Waals surface area contributed by atoms with E-state index in [2.05, 4.69) is 0 Å². The van der Waals surface area contributed by atoms with Crippen molar-refractivity contribution in [2.45, 2.75) is 39.0 Å². The minimum absolute atomic E-state index is 0.125. The molecule has 1 aliphatic carbocycles. The SMILES string of the molecule is CCCOC(=O)C1CCCC(C(=O)O)C1.OCCO. The molecule has 0 aromatic rings. The van der Waals surface area contributed by atoms with E-state index in [1.807, 2.05) is 6.92 Å². The van der Waals surface area contributed by atoms with Gasteiger partial charge in [0.15, 0.2) is 0 Å². The number of hydrogen-bond donors (Lipinski definition) is 3. The number of ether oxygens (including phenoxy) is 1. The molecular formula is C13H24O6. The van der Waals surface area contributed by atoms with Crippen LogP contribution in [-0.4, -0.2) is 47.1 Å². The summed E-state index contributed by atoms with van der Waals surface area (Å²) in [6.07, 6.45) is 3.51. The lowest BCUT2D eigenvalue weighted by atomic mass is 9.81. The topological polar surface area (TPSA) is 104 Å². The number of carboxylic acid groups (broad SMARTS) is 1. The van der Waals surface area contributed by atoms with Crippen LogP contribution in [0.3, 0.4) is 0 Å². The molecule has 1 aliphatic rings. The molecule has 6 heteroatoms. The minimum Gasteiger partial charge on any atom is -0.481 e. The van der Waals surface area contributed by atoms with Crippen LogP contribution in [0.1, 0.15) is 39.0 Å². The molecule has 0 bridgehead atoms. The highest BCUT2D eigenvalue weighted by Crippen LogP contribution is 2.29. The number of rotatable bonds is 5. The van der Waals surface area contributed by atoms with Crippen LogP contribution in [0, 0.1) is 11.8 Å². The van der Waals surface area contributed by atoms with Crippen LogP contribution in [0.15, 0.2) is 0 Å². The minimum atomic E-state index is -0.789. The zero-order chi connectivity index (χ0) is 14.7. The molecule has 6 nitrogen and oxygen atoms in total. The maximum Gasteiger partial charge on any atom is 0.308 e. The van der Waals surface area contributed by atoms with Crippen molar-refractivity contribution in [3.8, 4) is 0 Å². The van der Waals surface area contributed by atoms with E-state index in [0.717, 1.165) is 19.3 Å². The third-order valence-corrected chi connectivity index (χ3v) is 2.91. The number of aliphatic carboxylic acids is 1. The Labute approximate surface area is 113 Å². The second-order valence-corrected chi connectivity index (χ2v) is 4.51. The molecule has 19 heavy (non-hydrogen) atoms. The average molecular weight is 276 g/mol. The highest BCUT2D eigenvalue weighted by atomic mass is 16.5. The van der Waals surface area contributed by atoms with E-state index >= 15 is 0 Å². The normalized spacial score (nSPS) is 22.1.